The summed E-state index contributed by atoms with van der Waals surface area (Å²) in [5.41, 5.74) is -1.05. The minimum atomic E-state index is -4.63. The molecule has 0 unspecified atom stereocenters. The molecule has 1 aliphatic carbocycles. The fourth-order valence-electron chi connectivity index (χ4n) is 2.17. The Bertz CT molecular complexity index is 684. The van der Waals surface area contributed by atoms with E-state index in [2.05, 4.69) is 9.46 Å². The maximum absolute atomic E-state index is 12.7. The van der Waals surface area contributed by atoms with Crippen molar-refractivity contribution in [2.24, 2.45) is 5.92 Å². The molecule has 1 aliphatic rings. The second kappa shape index (κ2) is 6.48. The topological polar surface area (TPSA) is 72.5 Å². The van der Waals surface area contributed by atoms with Gasteiger partial charge in [0.25, 0.3) is 0 Å². The van der Waals surface area contributed by atoms with E-state index in [4.69, 9.17) is 0 Å². The third kappa shape index (κ3) is 4.68. The number of nitrogens with one attached hydrogen (secondary N) is 1. The zero-order valence-corrected chi connectivity index (χ0v) is 13.1. The Morgan fingerprint density at radius 2 is 2.04 bits per heavy atom. The summed E-state index contributed by atoms with van der Waals surface area (Å²) in [5, 5.41) is 0. The van der Waals surface area contributed by atoms with E-state index in [0.29, 0.717) is 6.07 Å². The van der Waals surface area contributed by atoms with Gasteiger partial charge in [0, 0.05) is 6.04 Å². The predicted octanol–water partition coefficient (Wildman–Crippen LogP) is 2.33. The van der Waals surface area contributed by atoms with Gasteiger partial charge in [-0.15, -0.1) is 0 Å². The molecule has 1 N–H and O–H groups in total. The van der Waals surface area contributed by atoms with Gasteiger partial charge in [0.15, 0.2) is 0 Å². The van der Waals surface area contributed by atoms with Crippen molar-refractivity contribution in [2.45, 2.75) is 36.4 Å². The molecule has 0 aliphatic heterocycles. The highest BCUT2D eigenvalue weighted by molar-refractivity contribution is 7.89. The molecule has 0 heterocycles. The molecule has 0 aromatic heterocycles. The van der Waals surface area contributed by atoms with Crippen LogP contribution in [0.1, 0.15) is 24.8 Å². The van der Waals surface area contributed by atoms with E-state index in [0.717, 1.165) is 31.0 Å². The lowest BCUT2D eigenvalue weighted by Gasteiger charge is -2.17. The van der Waals surface area contributed by atoms with Gasteiger partial charge in [-0.25, -0.2) is 13.1 Å². The average molecular weight is 351 g/mol. The van der Waals surface area contributed by atoms with Crippen LogP contribution in [-0.2, 0) is 25.7 Å². The molecule has 0 spiro atoms. The first-order valence-electron chi connectivity index (χ1n) is 6.90. The van der Waals surface area contributed by atoms with Crippen LogP contribution < -0.4 is 4.72 Å². The van der Waals surface area contributed by atoms with Crippen molar-refractivity contribution in [3.8, 4) is 0 Å². The Morgan fingerprint density at radius 1 is 1.39 bits per heavy atom. The first-order chi connectivity index (χ1) is 10.6. The van der Waals surface area contributed by atoms with E-state index >= 15 is 0 Å². The maximum atomic E-state index is 12.7. The highest BCUT2D eigenvalue weighted by atomic mass is 32.2. The predicted molar refractivity (Wildman–Crippen MR) is 74.9 cm³/mol. The Hall–Kier alpha value is -1.61. The molecule has 0 saturated heterocycles. The van der Waals surface area contributed by atoms with Crippen LogP contribution in [0.15, 0.2) is 29.2 Å². The zero-order chi connectivity index (χ0) is 17.3. The fraction of sp³-hybridized carbons (Fsp3) is 0.500. The van der Waals surface area contributed by atoms with E-state index in [1.165, 1.54) is 7.11 Å². The van der Waals surface area contributed by atoms with Crippen LogP contribution in [0.2, 0.25) is 0 Å². The van der Waals surface area contributed by atoms with Gasteiger partial charge in [-0.3, -0.25) is 4.79 Å². The van der Waals surface area contributed by atoms with Crippen molar-refractivity contribution < 1.29 is 31.1 Å². The lowest BCUT2D eigenvalue weighted by atomic mass is 10.1. The summed E-state index contributed by atoms with van der Waals surface area (Å²) >= 11 is 0. The van der Waals surface area contributed by atoms with Crippen LogP contribution in [0.5, 0.6) is 0 Å². The first kappa shape index (κ1) is 17.7. The number of carbonyl (C=O) groups excluding carboxylic acids is 1. The number of ether oxygens (including phenoxy) is 1. The molecule has 0 amide bonds. The number of esters is 1. The molecule has 1 atom stereocenters. The monoisotopic (exact) mass is 351 g/mol. The normalized spacial score (nSPS) is 16.9. The maximum Gasteiger partial charge on any atom is 0.416 e. The molecule has 1 aromatic carbocycles. The molecule has 9 heteroatoms. The average Bonchev–Trinajstić information content (AvgIpc) is 3.30. The van der Waals surface area contributed by atoms with Crippen LogP contribution >= 0.6 is 0 Å². The van der Waals surface area contributed by atoms with Gasteiger partial charge in [0.2, 0.25) is 10.0 Å². The van der Waals surface area contributed by atoms with Gasteiger partial charge < -0.3 is 4.74 Å². The van der Waals surface area contributed by atoms with Crippen molar-refractivity contribution in [1.82, 2.24) is 4.72 Å². The molecule has 2 rings (SSSR count). The molecule has 1 fully saturated rings. The molecule has 128 valence electrons. The van der Waals surface area contributed by atoms with Gasteiger partial charge in [-0.05, 0) is 37.0 Å². The molecule has 0 bridgehead atoms. The molecule has 1 aromatic rings. The van der Waals surface area contributed by atoms with E-state index in [9.17, 15) is 26.4 Å². The number of halogens is 3. The van der Waals surface area contributed by atoms with Gasteiger partial charge >= 0.3 is 12.1 Å². The minimum absolute atomic E-state index is 0.00493. The Morgan fingerprint density at radius 3 is 2.57 bits per heavy atom. The Labute approximate surface area is 131 Å². The second-order valence-corrected chi connectivity index (χ2v) is 7.09. The smallest absolute Gasteiger partial charge is 0.416 e. The summed E-state index contributed by atoms with van der Waals surface area (Å²) < 4.78 is 69.5. The summed E-state index contributed by atoms with van der Waals surface area (Å²) in [4.78, 5) is 10.9. The summed E-state index contributed by atoms with van der Waals surface area (Å²) in [6.45, 7) is 0. The number of rotatable bonds is 6. The van der Waals surface area contributed by atoms with Gasteiger partial charge in [0.1, 0.15) is 0 Å². The van der Waals surface area contributed by atoms with Gasteiger partial charge in [0.05, 0.1) is 24.0 Å². The highest BCUT2D eigenvalue weighted by Crippen LogP contribution is 2.35. The van der Waals surface area contributed by atoms with Crippen LogP contribution in [0.3, 0.4) is 0 Å². The fourth-order valence-corrected chi connectivity index (χ4v) is 3.52. The number of sulfonamides is 1. The number of alkyl halides is 3. The molecule has 1 saturated carbocycles. The Kier molecular flexibility index (Phi) is 5.00. The van der Waals surface area contributed by atoms with E-state index < -0.39 is 38.7 Å². The molecule has 5 nitrogen and oxygen atoms in total. The number of methoxy groups -OCH3 is 1. The van der Waals surface area contributed by atoms with Crippen molar-refractivity contribution in [3.63, 3.8) is 0 Å². The van der Waals surface area contributed by atoms with E-state index in [-0.39, 0.29) is 12.3 Å². The van der Waals surface area contributed by atoms with Crippen molar-refractivity contribution in [1.29, 1.82) is 0 Å². The summed E-state index contributed by atoms with van der Waals surface area (Å²) in [7, 11) is -2.97. The summed E-state index contributed by atoms with van der Waals surface area (Å²) in [5.74, 6) is -0.580. The van der Waals surface area contributed by atoms with Crippen molar-refractivity contribution in [3.05, 3.63) is 29.8 Å². The van der Waals surface area contributed by atoms with Crippen LogP contribution in [0, 0.1) is 5.92 Å². The quantitative estimate of drug-likeness (QED) is 0.799. The standard InChI is InChI=1S/C14H16F3NO4S/c1-22-13(19)8-12(9-5-6-9)18-23(20,21)11-4-2-3-10(7-11)14(15,16)17/h2-4,7,9,12,18H,5-6,8H2,1H3/t12-/m1/s1. The third-order valence-electron chi connectivity index (χ3n) is 3.58. The lowest BCUT2D eigenvalue weighted by Crippen LogP contribution is -2.38. The minimum Gasteiger partial charge on any atom is -0.469 e. The molecule has 0 radical (unpaired) electrons. The number of benzene rings is 1. The van der Waals surface area contributed by atoms with Gasteiger partial charge in [-0.1, -0.05) is 6.07 Å². The molecular weight excluding hydrogens is 335 g/mol. The van der Waals surface area contributed by atoms with E-state index in [1.54, 1.807) is 0 Å². The Balaban J connectivity index is 2.22. The van der Waals surface area contributed by atoms with E-state index in [1.807, 2.05) is 0 Å². The summed E-state index contributed by atoms with van der Waals surface area (Å²) in [6, 6.07) is 2.81. The third-order valence-corrected chi connectivity index (χ3v) is 5.07. The van der Waals surface area contributed by atoms with Crippen LogP contribution in [0.25, 0.3) is 0 Å². The second-order valence-electron chi connectivity index (χ2n) is 5.37. The van der Waals surface area contributed by atoms with Gasteiger partial charge in [-0.2, -0.15) is 13.2 Å². The largest absolute Gasteiger partial charge is 0.469 e. The number of hydrogen-bond donors (Lipinski definition) is 1. The van der Waals surface area contributed by atoms with Crippen molar-refractivity contribution in [2.75, 3.05) is 7.11 Å². The molecule has 23 heavy (non-hydrogen) atoms. The zero-order valence-electron chi connectivity index (χ0n) is 12.3. The van der Waals surface area contributed by atoms with Crippen molar-refractivity contribution >= 4 is 16.0 Å². The first-order valence-corrected chi connectivity index (χ1v) is 8.38. The van der Waals surface area contributed by atoms with Crippen LogP contribution in [-0.4, -0.2) is 27.5 Å². The summed E-state index contributed by atoms with van der Waals surface area (Å²) in [6.07, 6.45) is -3.27. The molecular formula is C14H16F3NO4S. The number of hydrogen-bond acceptors (Lipinski definition) is 4. The lowest BCUT2D eigenvalue weighted by molar-refractivity contribution is -0.141. The highest BCUT2D eigenvalue weighted by Gasteiger charge is 2.37. The number of carbonyl (C=O) groups is 1. The van der Waals surface area contributed by atoms with Crippen LogP contribution in [0.4, 0.5) is 13.2 Å². The SMILES string of the molecule is COC(=O)C[C@@H](NS(=O)(=O)c1cccc(C(F)(F)F)c1)C1CC1.